The molecule has 1 amide bonds. The van der Waals surface area contributed by atoms with E-state index in [1.165, 1.54) is 43.5 Å². The number of aromatic nitrogens is 2. The van der Waals surface area contributed by atoms with Gasteiger partial charge in [-0.05, 0) is 48.4 Å². The summed E-state index contributed by atoms with van der Waals surface area (Å²) in [6.07, 6.45) is -8.21. The Morgan fingerprint density at radius 1 is 0.898 bits per heavy atom. The molecule has 0 aliphatic heterocycles. The van der Waals surface area contributed by atoms with Crippen LogP contribution in [0.2, 0.25) is 0 Å². The van der Waals surface area contributed by atoms with Crippen molar-refractivity contribution in [2.24, 2.45) is 0 Å². The van der Waals surface area contributed by atoms with Crippen LogP contribution >= 0.6 is 0 Å². The van der Waals surface area contributed by atoms with Crippen LogP contribution in [0.25, 0.3) is 27.4 Å². The molecule has 2 aromatic heterocycles. The van der Waals surface area contributed by atoms with Gasteiger partial charge >= 0.3 is 12.4 Å². The van der Waals surface area contributed by atoms with Crippen molar-refractivity contribution < 1.29 is 57.8 Å². The Morgan fingerprint density at radius 3 is 2.14 bits per heavy atom. The Balaban J connectivity index is 1.52. The number of carbonyl (C=O) groups excluding carboxylic acids is 1. The van der Waals surface area contributed by atoms with Crippen LogP contribution < -0.4 is 19.8 Å². The number of alkyl halides is 6. The van der Waals surface area contributed by atoms with Gasteiger partial charge < -0.3 is 14.5 Å². The third-order valence-corrected chi connectivity index (χ3v) is 8.32. The molecule has 0 atom stereocenters. The van der Waals surface area contributed by atoms with E-state index in [4.69, 9.17) is 9.47 Å². The minimum Gasteiger partial charge on any atom is -0.483 e. The van der Waals surface area contributed by atoms with Gasteiger partial charge in [-0.25, -0.2) is 17.2 Å². The van der Waals surface area contributed by atoms with E-state index in [0.29, 0.717) is 0 Å². The monoisotopic (exact) mass is 717 g/mol. The van der Waals surface area contributed by atoms with Gasteiger partial charge in [0.15, 0.2) is 19.0 Å². The van der Waals surface area contributed by atoms with Gasteiger partial charge in [-0.3, -0.25) is 18.9 Å². The highest BCUT2D eigenvalue weighted by molar-refractivity contribution is 7.89. The van der Waals surface area contributed by atoms with Gasteiger partial charge in [-0.1, -0.05) is 18.2 Å². The van der Waals surface area contributed by atoms with Gasteiger partial charge in [0.2, 0.25) is 15.9 Å². The lowest BCUT2D eigenvalue weighted by Crippen LogP contribution is -2.33. The van der Waals surface area contributed by atoms with Gasteiger partial charge in [0.1, 0.15) is 17.4 Å². The minimum absolute atomic E-state index is 0.0676. The highest BCUT2D eigenvalue weighted by atomic mass is 32.2. The fourth-order valence-corrected chi connectivity index (χ4v) is 6.26. The average Bonchev–Trinajstić information content (AvgIpc) is 3.31. The lowest BCUT2D eigenvalue weighted by Gasteiger charge is -2.16. The molecule has 3 aromatic carbocycles. The van der Waals surface area contributed by atoms with Crippen molar-refractivity contribution in [3.63, 3.8) is 0 Å². The molecule has 49 heavy (non-hydrogen) atoms. The molecule has 0 spiro atoms. The van der Waals surface area contributed by atoms with Crippen LogP contribution in [0.1, 0.15) is 16.7 Å². The van der Waals surface area contributed by atoms with E-state index < -0.39 is 93.3 Å². The molecule has 0 unspecified atom stereocenters. The molecule has 2 N–H and O–H groups in total. The van der Waals surface area contributed by atoms with Crippen molar-refractivity contribution in [3.05, 3.63) is 99.6 Å². The average molecular weight is 718 g/mol. The van der Waals surface area contributed by atoms with Crippen LogP contribution in [-0.4, -0.2) is 49.4 Å². The maximum atomic E-state index is 13.9. The molecular formula is C31H23F8N3O6S. The number of rotatable bonds is 10. The smallest absolute Gasteiger partial charge is 0.422 e. The number of amides is 1. The van der Waals surface area contributed by atoms with Crippen LogP contribution in [0.3, 0.4) is 0 Å². The van der Waals surface area contributed by atoms with E-state index >= 15 is 0 Å². The van der Waals surface area contributed by atoms with Gasteiger partial charge in [0.05, 0.1) is 34.2 Å². The summed E-state index contributed by atoms with van der Waals surface area (Å²) in [5.41, 5.74) is -1.40. The van der Waals surface area contributed by atoms with Crippen molar-refractivity contribution in [2.45, 2.75) is 31.5 Å². The number of halogens is 8. The number of H-pyrrole nitrogens is 1. The van der Waals surface area contributed by atoms with Gasteiger partial charge in [0, 0.05) is 23.3 Å². The molecule has 5 aromatic rings. The van der Waals surface area contributed by atoms with Crippen molar-refractivity contribution in [1.29, 1.82) is 0 Å². The number of aromatic amines is 1. The van der Waals surface area contributed by atoms with Gasteiger partial charge in [-0.2, -0.15) is 26.3 Å². The number of aryl methyl sites for hydroxylation is 1. The van der Waals surface area contributed by atoms with E-state index in [1.807, 2.05) is 0 Å². The van der Waals surface area contributed by atoms with E-state index in [-0.39, 0.29) is 33.1 Å². The lowest BCUT2D eigenvalue weighted by molar-refractivity contribution is -0.154. The zero-order valence-electron chi connectivity index (χ0n) is 24.9. The number of pyridine rings is 1. The molecule has 0 radical (unpaired) electrons. The largest absolute Gasteiger partial charge is 0.483 e. The molecule has 2 heterocycles. The van der Waals surface area contributed by atoms with E-state index in [0.717, 1.165) is 29.0 Å². The number of ether oxygens (including phenoxy) is 2. The van der Waals surface area contributed by atoms with Crippen LogP contribution in [0.15, 0.2) is 65.7 Å². The Labute approximate surface area is 271 Å². The number of benzene rings is 3. The summed E-state index contributed by atoms with van der Waals surface area (Å²) in [5, 5.41) is -0.974. The first-order chi connectivity index (χ1) is 22.8. The van der Waals surface area contributed by atoms with E-state index in [2.05, 4.69) is 4.98 Å². The van der Waals surface area contributed by atoms with Crippen molar-refractivity contribution in [3.8, 4) is 17.2 Å². The van der Waals surface area contributed by atoms with Gasteiger partial charge in [-0.15, -0.1) is 0 Å². The fraction of sp³-hybridized carbons (Fsp3) is 0.226. The second-order valence-electron chi connectivity index (χ2n) is 10.8. The summed E-state index contributed by atoms with van der Waals surface area (Å²) >= 11 is 0. The molecule has 0 saturated carbocycles. The van der Waals surface area contributed by atoms with Gasteiger partial charge in [0.25, 0.3) is 5.56 Å². The predicted molar refractivity (Wildman–Crippen MR) is 160 cm³/mol. The minimum atomic E-state index is -4.84. The fourth-order valence-electron chi connectivity index (χ4n) is 5.15. The van der Waals surface area contributed by atoms with Crippen molar-refractivity contribution in [1.82, 2.24) is 14.3 Å². The Morgan fingerprint density at radius 2 is 1.53 bits per heavy atom. The third kappa shape index (κ3) is 7.96. The number of carbonyl (C=O) groups is 1. The molecule has 0 aliphatic carbocycles. The van der Waals surface area contributed by atoms with E-state index in [1.54, 1.807) is 4.72 Å². The molecule has 0 bridgehead atoms. The molecule has 260 valence electrons. The molecule has 9 nitrogen and oxygen atoms in total. The highest BCUT2D eigenvalue weighted by Crippen LogP contribution is 2.42. The second-order valence-corrected chi connectivity index (χ2v) is 12.5. The van der Waals surface area contributed by atoms with E-state index in [9.17, 15) is 53.1 Å². The standard InChI is InChI=1S/C31H23F8N3O6S/c1-16-10-17(13-49(45,46)41-24(43)11-19-21(32)5-2-6-22(19)33)7-8-23(16)42-12-20-25(29(42)44)27(47-14-30(34,35)36)18-4-3-9-40-26(18)28(20)48-15-31(37,38)39/h2-10,12,40H,11,13-15H2,1H3,(H,41,43). The molecular weight excluding hydrogens is 694 g/mol. The highest BCUT2D eigenvalue weighted by Gasteiger charge is 2.33. The number of sulfonamides is 1. The maximum absolute atomic E-state index is 13.9. The van der Waals surface area contributed by atoms with Crippen LogP contribution in [-0.2, 0) is 27.0 Å². The first-order valence-electron chi connectivity index (χ1n) is 14.0. The molecule has 0 fully saturated rings. The Bertz CT molecular complexity index is 2220. The molecule has 18 heteroatoms. The van der Waals surface area contributed by atoms with Crippen LogP contribution in [0.4, 0.5) is 35.1 Å². The summed E-state index contributed by atoms with van der Waals surface area (Å²) < 4.78 is 145. The van der Waals surface area contributed by atoms with Crippen LogP contribution in [0, 0.1) is 18.6 Å². The zero-order valence-corrected chi connectivity index (χ0v) is 25.7. The number of hydrogen-bond acceptors (Lipinski definition) is 6. The zero-order chi connectivity index (χ0) is 35.9. The Kier molecular flexibility index (Phi) is 9.37. The molecule has 5 rings (SSSR count). The topological polar surface area (TPSA) is 119 Å². The quantitative estimate of drug-likeness (QED) is 0.168. The third-order valence-electron chi connectivity index (χ3n) is 7.07. The summed E-state index contributed by atoms with van der Waals surface area (Å²) in [7, 11) is -4.41. The SMILES string of the molecule is Cc1cc(CS(=O)(=O)NC(=O)Cc2c(F)cccc2F)ccc1-n1cc2c(OCC(F)(F)F)c3[nH]cccc3c(OCC(F)(F)F)c2c1=O. The normalized spacial score (nSPS) is 12.4. The number of nitrogens with one attached hydrogen (secondary N) is 2. The summed E-state index contributed by atoms with van der Waals surface area (Å²) in [6.45, 7) is -2.18. The summed E-state index contributed by atoms with van der Waals surface area (Å²) in [6, 6.07) is 9.28. The van der Waals surface area contributed by atoms with Crippen molar-refractivity contribution in [2.75, 3.05) is 13.2 Å². The first-order valence-corrected chi connectivity index (χ1v) is 15.6. The molecule has 0 saturated heterocycles. The number of fused-ring (bicyclic) bond motifs is 2. The summed E-state index contributed by atoms with van der Waals surface area (Å²) in [4.78, 5) is 28.7. The maximum Gasteiger partial charge on any atom is 0.422 e. The predicted octanol–water partition coefficient (Wildman–Crippen LogP) is 6.13. The number of nitrogens with zero attached hydrogens (tertiary/aromatic N) is 1. The lowest BCUT2D eigenvalue weighted by atomic mass is 10.1. The molecule has 0 aliphatic rings. The second kappa shape index (κ2) is 13.1. The first kappa shape index (κ1) is 35.2. The van der Waals surface area contributed by atoms with Crippen LogP contribution in [0.5, 0.6) is 11.5 Å². The van der Waals surface area contributed by atoms with Crippen molar-refractivity contribution >= 4 is 37.6 Å². The summed E-state index contributed by atoms with van der Waals surface area (Å²) in [5.74, 6) is -5.12. The Hall–Kier alpha value is -5.13. The number of hydrogen-bond donors (Lipinski definition) is 2.